The van der Waals surface area contributed by atoms with Crippen LogP contribution in [-0.4, -0.2) is 19.9 Å². The average Bonchev–Trinajstić information content (AvgIpc) is 3.76. The van der Waals surface area contributed by atoms with Crippen LogP contribution in [0.2, 0.25) is 0 Å². The molecule has 0 amide bonds. The number of ether oxygens (including phenoxy) is 2. The topological polar surface area (TPSA) is 24.9 Å². The van der Waals surface area contributed by atoms with Crippen LogP contribution in [0.25, 0.3) is 38.4 Å². The van der Waals surface area contributed by atoms with Crippen LogP contribution in [0.5, 0.6) is 11.5 Å². The fraction of sp³-hybridized carbons (Fsp3) is 0.257. The first-order valence-electron chi connectivity index (χ1n) is 27.4. The van der Waals surface area contributed by atoms with Gasteiger partial charge in [0.25, 0.3) is 6.71 Å². The Bertz CT molecular complexity index is 3710. The van der Waals surface area contributed by atoms with Crippen LogP contribution in [0.4, 0.5) is 34.1 Å². The number of hydrogen-bond donors (Lipinski definition) is 0. The van der Waals surface area contributed by atoms with Gasteiger partial charge in [-0.3, -0.25) is 0 Å². The molecule has 1 unspecified atom stereocenters. The Morgan fingerprint density at radius 1 is 0.513 bits per heavy atom. The number of allylic oxidation sites excluding steroid dienone is 1. The highest BCUT2D eigenvalue weighted by molar-refractivity contribution is 7.19. The van der Waals surface area contributed by atoms with Crippen LogP contribution in [0.15, 0.2) is 164 Å². The number of benzene rings is 8. The Morgan fingerprint density at radius 2 is 1.07 bits per heavy atom. The molecule has 1 aliphatic carbocycles. The van der Waals surface area contributed by atoms with Crippen molar-refractivity contribution >= 4 is 84.7 Å². The average molecular weight is 1010 g/mol. The molecule has 6 heteroatoms. The van der Waals surface area contributed by atoms with Crippen LogP contribution < -0.4 is 35.7 Å². The van der Waals surface area contributed by atoms with E-state index in [-0.39, 0.29) is 28.9 Å². The lowest BCUT2D eigenvalue weighted by Crippen LogP contribution is -2.61. The Hall–Kier alpha value is -7.28. The van der Waals surface area contributed by atoms with E-state index < -0.39 is 0 Å². The van der Waals surface area contributed by atoms with Gasteiger partial charge in [0, 0.05) is 62.1 Å². The summed E-state index contributed by atoms with van der Waals surface area (Å²) in [4.78, 5) is 6.56. The van der Waals surface area contributed by atoms with Crippen molar-refractivity contribution in [2.45, 2.75) is 104 Å². The number of fused-ring (bicyclic) bond motifs is 8. The van der Waals surface area contributed by atoms with Crippen molar-refractivity contribution in [1.82, 2.24) is 0 Å². The first kappa shape index (κ1) is 48.4. The SMILES string of the molecule is Cc1cc2c3c(c1)N(c1ccc(C(C)(C)C)cc1)c1cc4c(cc1B3c1cc(C3C=Cc5c(sc6ccccc56)C3)ccc1N2c1cc(-c2ccc(C(C)(C)C)cc2)cc(-c2ccc(C(C)(C)C)cc2)c1)OCCCO4. The molecular weight excluding hydrogens is 944 g/mol. The number of aryl methyl sites for hydroxylation is 1. The normalized spacial score (nSPS) is 15.8. The summed E-state index contributed by atoms with van der Waals surface area (Å²) < 4.78 is 14.5. The molecule has 4 aliphatic rings. The van der Waals surface area contributed by atoms with Gasteiger partial charge in [-0.05, 0) is 168 Å². The molecular formula is C70H67BN2O2S. The van der Waals surface area contributed by atoms with Gasteiger partial charge in [-0.2, -0.15) is 0 Å². The van der Waals surface area contributed by atoms with Crippen LogP contribution in [-0.2, 0) is 22.7 Å². The molecule has 1 atom stereocenters. The second kappa shape index (κ2) is 17.9. The summed E-state index contributed by atoms with van der Waals surface area (Å²) in [6.07, 6.45) is 6.66. The number of rotatable bonds is 5. The molecule has 0 N–H and O–H groups in total. The lowest BCUT2D eigenvalue weighted by atomic mass is 9.33. The predicted octanol–water partition coefficient (Wildman–Crippen LogP) is 17.0. The molecule has 0 radical (unpaired) electrons. The Labute approximate surface area is 454 Å². The molecule has 1 aromatic heterocycles. The predicted molar refractivity (Wildman–Crippen MR) is 325 cm³/mol. The van der Waals surface area contributed by atoms with Gasteiger partial charge < -0.3 is 19.3 Å². The van der Waals surface area contributed by atoms with Crippen LogP contribution in [0.3, 0.4) is 0 Å². The lowest BCUT2D eigenvalue weighted by Gasteiger charge is -2.45. The van der Waals surface area contributed by atoms with E-state index in [1.54, 1.807) is 0 Å². The summed E-state index contributed by atoms with van der Waals surface area (Å²) in [5.41, 5.74) is 23.5. The maximum atomic E-state index is 6.61. The van der Waals surface area contributed by atoms with Gasteiger partial charge >= 0.3 is 0 Å². The zero-order chi connectivity index (χ0) is 52.4. The third-order valence-electron chi connectivity index (χ3n) is 16.5. The highest BCUT2D eigenvalue weighted by atomic mass is 32.1. The monoisotopic (exact) mass is 1010 g/mol. The summed E-state index contributed by atoms with van der Waals surface area (Å²) in [5, 5.41) is 1.36. The molecule has 378 valence electrons. The van der Waals surface area contributed by atoms with Gasteiger partial charge in [-0.1, -0.05) is 165 Å². The van der Waals surface area contributed by atoms with Crippen LogP contribution >= 0.6 is 11.3 Å². The molecule has 9 aromatic rings. The van der Waals surface area contributed by atoms with Crippen LogP contribution in [0, 0.1) is 6.92 Å². The van der Waals surface area contributed by atoms with Crippen molar-refractivity contribution in [3.8, 4) is 33.8 Å². The van der Waals surface area contributed by atoms with E-state index in [1.165, 1.54) is 104 Å². The van der Waals surface area contributed by atoms with Gasteiger partial charge in [0.2, 0.25) is 0 Å². The van der Waals surface area contributed by atoms with E-state index in [4.69, 9.17) is 9.47 Å². The van der Waals surface area contributed by atoms with Crippen molar-refractivity contribution in [3.05, 3.63) is 202 Å². The van der Waals surface area contributed by atoms with E-state index in [2.05, 4.69) is 249 Å². The van der Waals surface area contributed by atoms with E-state index in [0.717, 1.165) is 41.4 Å². The zero-order valence-corrected chi connectivity index (χ0v) is 46.6. The standard InChI is InChI=1S/C70H67BN2O2S/c1-43-34-61-67-62(35-43)73(54-37-48(44-16-22-50(23-17-44)68(2,3)4)36-49(38-54)45-18-24-51(25-19-45)69(5,6)7)59-31-21-46(47-20-30-56-55-14-11-12-15-65(55)76-66(56)40-47)39-57(59)71(67)58-41-63-64(75-33-13-32-74-63)42-60(58)72(61)53-28-26-52(27-29-53)70(8,9)10/h11-12,14-31,34-39,41-42,47H,13,32-33,40H2,1-10H3. The largest absolute Gasteiger partial charge is 0.490 e. The van der Waals surface area contributed by atoms with Crippen molar-refractivity contribution in [3.63, 3.8) is 0 Å². The first-order valence-corrected chi connectivity index (χ1v) is 28.2. The summed E-state index contributed by atoms with van der Waals surface area (Å²) in [7, 11) is 0. The number of anilines is 6. The van der Waals surface area contributed by atoms with E-state index in [1.807, 2.05) is 11.3 Å². The number of nitrogens with zero attached hydrogens (tertiary/aromatic N) is 2. The molecule has 4 heterocycles. The Kier molecular flexibility index (Phi) is 11.4. The molecule has 76 heavy (non-hydrogen) atoms. The fourth-order valence-corrected chi connectivity index (χ4v) is 13.5. The molecule has 3 aliphatic heterocycles. The molecule has 13 rings (SSSR count). The quantitative estimate of drug-likeness (QED) is 0.160. The fourth-order valence-electron chi connectivity index (χ4n) is 12.3. The van der Waals surface area contributed by atoms with E-state index in [9.17, 15) is 0 Å². The maximum absolute atomic E-state index is 6.61. The number of hydrogen-bond acceptors (Lipinski definition) is 5. The third kappa shape index (κ3) is 8.36. The third-order valence-corrected chi connectivity index (χ3v) is 17.7. The molecule has 0 spiro atoms. The zero-order valence-electron chi connectivity index (χ0n) is 45.8. The highest BCUT2D eigenvalue weighted by Gasteiger charge is 2.45. The van der Waals surface area contributed by atoms with Gasteiger partial charge in [0.15, 0.2) is 11.5 Å². The van der Waals surface area contributed by atoms with E-state index >= 15 is 0 Å². The minimum Gasteiger partial charge on any atom is -0.490 e. The van der Waals surface area contributed by atoms with Crippen molar-refractivity contribution < 1.29 is 9.47 Å². The minimum absolute atomic E-state index is 0.0130. The second-order valence-electron chi connectivity index (χ2n) is 24.9. The summed E-state index contributed by atoms with van der Waals surface area (Å²) in [6.45, 7) is 24.0. The summed E-state index contributed by atoms with van der Waals surface area (Å²) in [6, 6.07) is 60.8. The maximum Gasteiger partial charge on any atom is 0.252 e. The van der Waals surface area contributed by atoms with Crippen molar-refractivity contribution in [2.24, 2.45) is 0 Å². The molecule has 0 fully saturated rings. The first-order chi connectivity index (χ1) is 36.4. The molecule has 0 saturated heterocycles. The van der Waals surface area contributed by atoms with Crippen molar-refractivity contribution in [2.75, 3.05) is 23.0 Å². The van der Waals surface area contributed by atoms with Gasteiger partial charge in [-0.25, -0.2) is 0 Å². The Balaban J connectivity index is 1.07. The molecule has 0 saturated carbocycles. The Morgan fingerprint density at radius 3 is 1.67 bits per heavy atom. The molecule has 4 nitrogen and oxygen atoms in total. The summed E-state index contributed by atoms with van der Waals surface area (Å²) in [5.74, 6) is 1.85. The van der Waals surface area contributed by atoms with E-state index in [0.29, 0.717) is 13.2 Å². The van der Waals surface area contributed by atoms with Crippen LogP contribution in [0.1, 0.15) is 113 Å². The van der Waals surface area contributed by atoms with Crippen molar-refractivity contribution in [1.29, 1.82) is 0 Å². The molecule has 0 bridgehead atoms. The highest BCUT2D eigenvalue weighted by Crippen LogP contribution is 2.49. The number of thiophene rings is 1. The van der Waals surface area contributed by atoms with Gasteiger partial charge in [0.1, 0.15) is 0 Å². The lowest BCUT2D eigenvalue weighted by molar-refractivity contribution is 0.297. The molecule has 8 aromatic carbocycles. The van der Waals surface area contributed by atoms with Gasteiger partial charge in [0.05, 0.1) is 13.2 Å². The summed E-state index contributed by atoms with van der Waals surface area (Å²) >= 11 is 1.95. The van der Waals surface area contributed by atoms with Gasteiger partial charge in [-0.15, -0.1) is 11.3 Å². The second-order valence-corrected chi connectivity index (χ2v) is 26.0. The smallest absolute Gasteiger partial charge is 0.252 e. The minimum atomic E-state index is -0.0981.